The molecule has 0 radical (unpaired) electrons. The molecule has 0 heterocycles. The molecule has 0 saturated carbocycles. The van der Waals surface area contributed by atoms with Crippen LogP contribution < -0.4 is 4.89 Å². The normalized spacial score (nSPS) is 13.5. The van der Waals surface area contributed by atoms with Crippen molar-refractivity contribution >= 4 is 19.8 Å². The van der Waals surface area contributed by atoms with Crippen LogP contribution in [-0.4, -0.2) is 70.0 Å². The molecule has 0 amide bonds. The standard InChI is InChI=1S/C88H160NO8P/c1-6-8-10-12-14-16-18-20-22-24-26-28-30-32-34-36-38-40-41-42-43-44-45-46-47-49-51-53-55-57-59-61-63-65-67-69-71-73-75-77-79-81-88(91)97-86(85-96-98(92,93)95-83-82-89(3,4)5)84-94-87(90)80-78-76-74-72-70-68-66-64-62-60-58-56-54-52-50-48-39-37-35-33-31-29-27-25-23-21-19-17-15-13-11-9-7-2/h8,10,14,16,19-22,25-28,31-34,86H,6-7,9,11-13,15,17-18,23-24,29-30,35-85H2,1-5H3/b10-8-,16-14-,21-19-,22-20-,27-25-,28-26-,33-31-,34-32-. The lowest BCUT2D eigenvalue weighted by Crippen LogP contribution is -2.37. The van der Waals surface area contributed by atoms with Gasteiger partial charge in [0, 0.05) is 12.8 Å². The van der Waals surface area contributed by atoms with E-state index in [2.05, 4.69) is 111 Å². The van der Waals surface area contributed by atoms with Crippen LogP contribution in [0.2, 0.25) is 0 Å². The smallest absolute Gasteiger partial charge is 0.306 e. The molecule has 0 spiro atoms. The minimum absolute atomic E-state index is 0.0301. The molecule has 0 N–H and O–H groups in total. The molecule has 0 aliphatic heterocycles. The first-order valence-electron chi connectivity index (χ1n) is 41.9. The van der Waals surface area contributed by atoms with Crippen molar-refractivity contribution < 1.29 is 42.1 Å². The van der Waals surface area contributed by atoms with Crippen molar-refractivity contribution in [3.63, 3.8) is 0 Å². The van der Waals surface area contributed by atoms with E-state index < -0.39 is 26.5 Å². The van der Waals surface area contributed by atoms with Crippen LogP contribution in [0.4, 0.5) is 0 Å². The van der Waals surface area contributed by atoms with Crippen LogP contribution >= 0.6 is 7.82 Å². The van der Waals surface area contributed by atoms with E-state index in [1.54, 1.807) is 0 Å². The van der Waals surface area contributed by atoms with Gasteiger partial charge in [-0.3, -0.25) is 14.2 Å². The number of phosphoric acid groups is 1. The molecule has 570 valence electrons. The Morgan fingerprint density at radius 1 is 0.327 bits per heavy atom. The highest BCUT2D eigenvalue weighted by molar-refractivity contribution is 7.45. The Morgan fingerprint density at radius 3 is 0.867 bits per heavy atom. The van der Waals surface area contributed by atoms with Crippen LogP contribution in [0, 0.1) is 0 Å². The zero-order valence-corrected chi connectivity index (χ0v) is 66.1. The quantitative estimate of drug-likeness (QED) is 0.0195. The SMILES string of the molecule is CC/C=C\C/C=C\C/C=C\C/C=C\C/C=C\CCCCCCCCCCCCCCCCCCCCCCCCCCCC(=O)OC(COC(=O)CCCCCCCCCCCCCCCCCCCC/C=C\C/C=C\C/C=C\CCCCCCC)COP(=O)([O-])OCC[N+](C)(C)C. The summed E-state index contributed by atoms with van der Waals surface area (Å²) in [6, 6.07) is 0. The van der Waals surface area contributed by atoms with E-state index in [4.69, 9.17) is 18.5 Å². The first-order valence-corrected chi connectivity index (χ1v) is 43.4. The van der Waals surface area contributed by atoms with Crippen molar-refractivity contribution in [3.8, 4) is 0 Å². The topological polar surface area (TPSA) is 111 Å². The second-order valence-electron chi connectivity index (χ2n) is 29.5. The summed E-state index contributed by atoms with van der Waals surface area (Å²) in [5.74, 6) is -0.813. The zero-order chi connectivity index (χ0) is 71.1. The van der Waals surface area contributed by atoms with Crippen molar-refractivity contribution in [2.45, 2.75) is 405 Å². The summed E-state index contributed by atoms with van der Waals surface area (Å²) in [5.41, 5.74) is 0. The number of quaternary nitrogens is 1. The van der Waals surface area contributed by atoms with Crippen LogP contribution in [0.3, 0.4) is 0 Å². The number of carbonyl (C=O) groups excluding carboxylic acids is 2. The fourth-order valence-corrected chi connectivity index (χ4v) is 13.0. The van der Waals surface area contributed by atoms with Gasteiger partial charge in [0.25, 0.3) is 7.82 Å². The summed E-state index contributed by atoms with van der Waals surface area (Å²) < 4.78 is 34.5. The molecule has 0 aromatic rings. The van der Waals surface area contributed by atoms with Gasteiger partial charge in [0.05, 0.1) is 27.7 Å². The fraction of sp³-hybridized carbons (Fsp3) is 0.795. The van der Waals surface area contributed by atoms with Gasteiger partial charge in [0.15, 0.2) is 6.10 Å². The number of unbranched alkanes of at least 4 members (excludes halogenated alkanes) is 48. The average molecular weight is 1390 g/mol. The van der Waals surface area contributed by atoms with Crippen LogP contribution in [0.15, 0.2) is 97.2 Å². The van der Waals surface area contributed by atoms with Crippen molar-refractivity contribution in [3.05, 3.63) is 97.2 Å². The number of nitrogens with zero attached hydrogens (tertiary/aromatic N) is 1. The van der Waals surface area contributed by atoms with E-state index in [0.717, 1.165) is 77.0 Å². The molecule has 10 heteroatoms. The molecular formula is C88H160NO8P. The molecule has 2 atom stereocenters. The van der Waals surface area contributed by atoms with Crippen LogP contribution in [0.25, 0.3) is 0 Å². The number of rotatable bonds is 78. The van der Waals surface area contributed by atoms with Gasteiger partial charge in [-0.15, -0.1) is 0 Å². The molecule has 0 aliphatic carbocycles. The number of carbonyl (C=O) groups is 2. The average Bonchev–Trinajstić information content (AvgIpc) is 1.08. The number of hydrogen-bond donors (Lipinski definition) is 0. The van der Waals surface area contributed by atoms with E-state index >= 15 is 0 Å². The van der Waals surface area contributed by atoms with Gasteiger partial charge < -0.3 is 27.9 Å². The number of allylic oxidation sites excluding steroid dienone is 16. The maximum atomic E-state index is 12.9. The van der Waals surface area contributed by atoms with Gasteiger partial charge >= 0.3 is 11.9 Å². The number of hydrogen-bond acceptors (Lipinski definition) is 8. The van der Waals surface area contributed by atoms with E-state index in [0.29, 0.717) is 17.4 Å². The van der Waals surface area contributed by atoms with E-state index in [9.17, 15) is 19.0 Å². The number of likely N-dealkylation sites (N-methyl/N-ethyl adjacent to an activating group) is 1. The molecule has 0 fully saturated rings. The molecular weight excluding hydrogens is 1230 g/mol. The number of ether oxygens (including phenoxy) is 2. The molecule has 0 aromatic heterocycles. The van der Waals surface area contributed by atoms with Gasteiger partial charge in [-0.2, -0.15) is 0 Å². The predicted octanol–water partition coefficient (Wildman–Crippen LogP) is 27.5. The molecule has 0 aliphatic rings. The molecule has 98 heavy (non-hydrogen) atoms. The van der Waals surface area contributed by atoms with Gasteiger partial charge in [-0.05, 0) is 96.3 Å². The second kappa shape index (κ2) is 78.1. The van der Waals surface area contributed by atoms with E-state index in [1.807, 2.05) is 21.1 Å². The van der Waals surface area contributed by atoms with Gasteiger partial charge in [-0.25, -0.2) is 0 Å². The monoisotopic (exact) mass is 1390 g/mol. The highest BCUT2D eigenvalue weighted by Gasteiger charge is 2.22. The Morgan fingerprint density at radius 2 is 0.582 bits per heavy atom. The molecule has 2 unspecified atom stereocenters. The van der Waals surface area contributed by atoms with Crippen molar-refractivity contribution in [1.29, 1.82) is 0 Å². The Balaban J connectivity index is 3.90. The molecule has 0 aromatic carbocycles. The Hall–Kier alpha value is -3.07. The Labute approximate surface area is 608 Å². The summed E-state index contributed by atoms with van der Waals surface area (Å²) in [6.07, 6.45) is 110. The first kappa shape index (κ1) is 94.9. The Bertz CT molecular complexity index is 1980. The number of phosphoric ester groups is 1. The first-order chi connectivity index (χ1) is 48.0. The Kier molecular flexibility index (Phi) is 75.6. The van der Waals surface area contributed by atoms with E-state index in [-0.39, 0.29) is 32.0 Å². The summed E-state index contributed by atoms with van der Waals surface area (Å²) in [7, 11) is 1.18. The predicted molar refractivity (Wildman–Crippen MR) is 425 cm³/mol. The minimum Gasteiger partial charge on any atom is -0.756 e. The molecule has 0 rings (SSSR count). The number of esters is 2. The van der Waals surface area contributed by atoms with Crippen molar-refractivity contribution in [2.24, 2.45) is 0 Å². The van der Waals surface area contributed by atoms with Crippen molar-refractivity contribution in [1.82, 2.24) is 0 Å². The molecule has 0 saturated heterocycles. The largest absolute Gasteiger partial charge is 0.756 e. The third kappa shape index (κ3) is 81.9. The fourth-order valence-electron chi connectivity index (χ4n) is 12.2. The summed E-state index contributed by atoms with van der Waals surface area (Å²) >= 11 is 0. The van der Waals surface area contributed by atoms with Crippen LogP contribution in [0.1, 0.15) is 399 Å². The third-order valence-electron chi connectivity index (χ3n) is 18.6. The maximum Gasteiger partial charge on any atom is 0.306 e. The molecule has 0 bridgehead atoms. The molecule has 9 nitrogen and oxygen atoms in total. The summed E-state index contributed by atoms with van der Waals surface area (Å²) in [4.78, 5) is 38.2. The van der Waals surface area contributed by atoms with E-state index in [1.165, 1.54) is 289 Å². The minimum atomic E-state index is -4.65. The van der Waals surface area contributed by atoms with Gasteiger partial charge in [0.1, 0.15) is 19.8 Å². The van der Waals surface area contributed by atoms with Crippen LogP contribution in [0.5, 0.6) is 0 Å². The van der Waals surface area contributed by atoms with Gasteiger partial charge in [-0.1, -0.05) is 387 Å². The zero-order valence-electron chi connectivity index (χ0n) is 65.2. The highest BCUT2D eigenvalue weighted by Crippen LogP contribution is 2.38. The second-order valence-corrected chi connectivity index (χ2v) is 30.9. The van der Waals surface area contributed by atoms with Gasteiger partial charge in [0.2, 0.25) is 0 Å². The van der Waals surface area contributed by atoms with Crippen molar-refractivity contribution in [2.75, 3.05) is 47.5 Å². The third-order valence-corrected chi connectivity index (χ3v) is 19.6. The summed E-state index contributed by atoms with van der Waals surface area (Å²) in [6.45, 7) is 4.17. The lowest BCUT2D eigenvalue weighted by atomic mass is 10.0. The summed E-state index contributed by atoms with van der Waals surface area (Å²) in [5, 5.41) is 0. The maximum absolute atomic E-state index is 12.9. The highest BCUT2D eigenvalue weighted by atomic mass is 31.2. The van der Waals surface area contributed by atoms with Crippen LogP contribution in [-0.2, 0) is 32.7 Å². The lowest BCUT2D eigenvalue weighted by Gasteiger charge is -2.28. The lowest BCUT2D eigenvalue weighted by molar-refractivity contribution is -0.870.